The molecule has 1 aromatic heterocycles. The summed E-state index contributed by atoms with van der Waals surface area (Å²) in [6, 6.07) is 10.9. The molecule has 0 atom stereocenters. The number of aromatic nitrogens is 1. The first-order chi connectivity index (χ1) is 18.9. The third-order valence-corrected chi connectivity index (χ3v) is 6.63. The van der Waals surface area contributed by atoms with Gasteiger partial charge in [0.1, 0.15) is 5.82 Å². The van der Waals surface area contributed by atoms with Crippen LogP contribution in [0.3, 0.4) is 0 Å². The third-order valence-electron chi connectivity index (χ3n) is 6.63. The first kappa shape index (κ1) is 29.2. The van der Waals surface area contributed by atoms with Crippen molar-refractivity contribution in [2.75, 3.05) is 25.0 Å². The summed E-state index contributed by atoms with van der Waals surface area (Å²) in [5.74, 6) is 1.10. The number of nitrogens with one attached hydrogen (secondary N) is 2. The molecule has 4 rings (SSSR count). The molecule has 7 nitrogen and oxygen atoms in total. The molecule has 1 fully saturated rings. The van der Waals surface area contributed by atoms with Gasteiger partial charge in [0.15, 0.2) is 0 Å². The van der Waals surface area contributed by atoms with E-state index in [-0.39, 0.29) is 30.7 Å². The molecule has 0 bridgehead atoms. The van der Waals surface area contributed by atoms with E-state index in [1.54, 1.807) is 0 Å². The van der Waals surface area contributed by atoms with E-state index in [0.717, 1.165) is 30.3 Å². The van der Waals surface area contributed by atoms with Crippen molar-refractivity contribution in [1.82, 2.24) is 20.8 Å². The van der Waals surface area contributed by atoms with Crippen LogP contribution in [0.25, 0.3) is 10.9 Å². The summed E-state index contributed by atoms with van der Waals surface area (Å²) in [4.78, 5) is 8.45. The summed E-state index contributed by atoms with van der Waals surface area (Å²) < 4.78 is 81.1. The average molecular weight is 568 g/mol. The fourth-order valence-corrected chi connectivity index (χ4v) is 4.46. The molecule has 0 saturated heterocycles. The molecule has 1 heterocycles. The fourth-order valence-electron chi connectivity index (χ4n) is 4.46. The molecule has 3 aromatic rings. The summed E-state index contributed by atoms with van der Waals surface area (Å²) in [5, 5.41) is 4.81. The van der Waals surface area contributed by atoms with Crippen molar-refractivity contribution in [1.29, 1.82) is 0 Å². The number of fused-ring (bicyclic) bond motifs is 1. The van der Waals surface area contributed by atoms with Crippen molar-refractivity contribution in [3.8, 4) is 0 Å². The predicted molar refractivity (Wildman–Crippen MR) is 142 cm³/mol. The lowest BCUT2D eigenvalue weighted by atomic mass is 10.0. The Hall–Kier alpha value is -3.74. The van der Waals surface area contributed by atoms with Crippen LogP contribution in [-0.4, -0.2) is 36.0 Å². The Kier molecular flexibility index (Phi) is 8.62. The van der Waals surface area contributed by atoms with Crippen LogP contribution in [0.2, 0.25) is 0 Å². The normalized spacial score (nSPS) is 14.4. The Morgan fingerprint density at radius 2 is 1.65 bits per heavy atom. The minimum absolute atomic E-state index is 0.0344. The monoisotopic (exact) mass is 567 g/mol. The molecule has 216 valence electrons. The lowest BCUT2D eigenvalue weighted by molar-refractivity contribution is -0.143. The van der Waals surface area contributed by atoms with Crippen LogP contribution in [0.5, 0.6) is 0 Å². The Morgan fingerprint density at radius 1 is 1.00 bits per heavy atom. The number of pyridine rings is 1. The number of rotatable bonds is 10. The maximum atomic E-state index is 13.5. The number of nitrogens with two attached hydrogens (primary N) is 1. The lowest BCUT2D eigenvalue weighted by Crippen LogP contribution is -2.40. The number of benzene rings is 2. The van der Waals surface area contributed by atoms with E-state index in [2.05, 4.69) is 21.0 Å². The van der Waals surface area contributed by atoms with E-state index in [4.69, 9.17) is 10.7 Å². The molecule has 1 aliphatic carbocycles. The van der Waals surface area contributed by atoms with Crippen molar-refractivity contribution in [3.63, 3.8) is 0 Å². The second-order valence-electron chi connectivity index (χ2n) is 9.75. The topological polar surface area (TPSA) is 81.8 Å². The van der Waals surface area contributed by atoms with Crippen LogP contribution in [0, 0.1) is 5.92 Å². The fraction of sp³-hybridized carbons (Fsp3) is 0.407. The number of anilines is 1. The second-order valence-corrected chi connectivity index (χ2v) is 9.75. The van der Waals surface area contributed by atoms with Gasteiger partial charge in [0.25, 0.3) is 0 Å². The van der Waals surface area contributed by atoms with Gasteiger partial charge in [-0.1, -0.05) is 18.2 Å². The van der Waals surface area contributed by atoms with Gasteiger partial charge in [-0.2, -0.15) is 26.3 Å². The Bertz CT molecular complexity index is 1320. The first-order valence-electron chi connectivity index (χ1n) is 12.8. The third kappa shape index (κ3) is 7.26. The van der Waals surface area contributed by atoms with Crippen LogP contribution in [0.1, 0.15) is 42.0 Å². The van der Waals surface area contributed by atoms with Crippen molar-refractivity contribution < 1.29 is 26.3 Å². The summed E-state index contributed by atoms with van der Waals surface area (Å²) in [6.45, 7) is 3.14. The van der Waals surface area contributed by atoms with Crippen molar-refractivity contribution in [2.24, 2.45) is 16.8 Å². The van der Waals surface area contributed by atoms with Crippen molar-refractivity contribution in [2.45, 2.75) is 45.2 Å². The van der Waals surface area contributed by atoms with Gasteiger partial charge in [0, 0.05) is 44.2 Å². The van der Waals surface area contributed by atoms with Gasteiger partial charge < -0.3 is 15.5 Å². The molecule has 1 aliphatic rings. The zero-order valence-electron chi connectivity index (χ0n) is 22.1. The highest BCUT2D eigenvalue weighted by Crippen LogP contribution is 2.37. The number of guanidine groups is 1. The molecule has 13 heteroatoms. The quantitative estimate of drug-likeness (QED) is 0.131. The van der Waals surface area contributed by atoms with E-state index in [1.807, 2.05) is 37.3 Å². The summed E-state index contributed by atoms with van der Waals surface area (Å²) >= 11 is 0. The number of hydrogen-bond donors (Lipinski definition) is 3. The number of para-hydroxylation sites is 1. The lowest BCUT2D eigenvalue weighted by Gasteiger charge is -2.29. The minimum Gasteiger partial charge on any atom is -0.368 e. The average Bonchev–Trinajstić information content (AvgIpc) is 3.72. The van der Waals surface area contributed by atoms with Gasteiger partial charge in [-0.05, 0) is 61.6 Å². The molecule has 1 saturated carbocycles. The Labute approximate surface area is 228 Å². The maximum absolute atomic E-state index is 13.5. The molecular weight excluding hydrogens is 536 g/mol. The molecule has 4 N–H and O–H groups in total. The zero-order valence-corrected chi connectivity index (χ0v) is 22.1. The van der Waals surface area contributed by atoms with E-state index < -0.39 is 23.5 Å². The van der Waals surface area contributed by atoms with Crippen LogP contribution in [0.15, 0.2) is 53.6 Å². The number of hydrogen-bond acceptors (Lipinski definition) is 5. The number of hydrazine groups is 1. The van der Waals surface area contributed by atoms with Crippen LogP contribution < -0.4 is 21.6 Å². The van der Waals surface area contributed by atoms with Crippen molar-refractivity contribution in [3.05, 3.63) is 70.8 Å². The van der Waals surface area contributed by atoms with Crippen LogP contribution in [0.4, 0.5) is 32.2 Å². The van der Waals surface area contributed by atoms with Gasteiger partial charge in [0.2, 0.25) is 5.96 Å². The summed E-state index contributed by atoms with van der Waals surface area (Å²) in [6.07, 6.45) is -7.68. The second kappa shape index (κ2) is 11.8. The zero-order chi connectivity index (χ0) is 29.1. The smallest absolute Gasteiger partial charge is 0.368 e. The van der Waals surface area contributed by atoms with E-state index in [9.17, 15) is 26.3 Å². The number of alkyl halides is 6. The van der Waals surface area contributed by atoms with Gasteiger partial charge in [0.05, 0.1) is 16.6 Å². The summed E-state index contributed by atoms with van der Waals surface area (Å²) in [5.41, 5.74) is 9.73. The molecule has 0 amide bonds. The van der Waals surface area contributed by atoms with E-state index in [0.29, 0.717) is 36.0 Å². The molecule has 0 radical (unpaired) electrons. The first-order valence-corrected chi connectivity index (χ1v) is 12.8. The highest BCUT2D eigenvalue weighted by molar-refractivity contribution is 5.82. The SMILES string of the molecule is CCN(CC1CC1)c1nc2ccccc2cc1CN(Cc1cc(C(F)(F)F)cc(C(F)(F)F)c1)C(N)=NNNC. The molecule has 2 aromatic carbocycles. The van der Waals surface area contributed by atoms with Gasteiger partial charge in [-0.15, -0.1) is 5.10 Å². The molecular formula is C27H31F6N7. The Morgan fingerprint density at radius 3 is 2.23 bits per heavy atom. The predicted octanol–water partition coefficient (Wildman–Crippen LogP) is 5.46. The van der Waals surface area contributed by atoms with Crippen LogP contribution in [-0.2, 0) is 25.4 Å². The van der Waals surface area contributed by atoms with Gasteiger partial charge >= 0.3 is 12.4 Å². The van der Waals surface area contributed by atoms with E-state index in [1.165, 1.54) is 11.9 Å². The number of nitrogens with zero attached hydrogens (tertiary/aromatic N) is 4. The number of halogens is 6. The van der Waals surface area contributed by atoms with Gasteiger partial charge in [-0.3, -0.25) is 0 Å². The standard InChI is InChI=1S/C27H31F6N7/c1-3-39(14-17-8-9-17)24-20(12-19-6-4-5-7-23(19)36-24)16-40(25(34)37-38-35-2)15-18-10-21(26(28,29)30)13-22(11-18)27(31,32)33/h4-7,10-13,17,35,38H,3,8-9,14-16H2,1-2H3,(H2,34,37). The largest absolute Gasteiger partial charge is 0.416 e. The molecule has 0 aliphatic heterocycles. The summed E-state index contributed by atoms with van der Waals surface area (Å²) in [7, 11) is 1.53. The highest BCUT2D eigenvalue weighted by Gasteiger charge is 2.37. The minimum atomic E-state index is -4.96. The number of hydrazone groups is 1. The van der Waals surface area contributed by atoms with Crippen LogP contribution >= 0.6 is 0 Å². The molecule has 0 spiro atoms. The maximum Gasteiger partial charge on any atom is 0.416 e. The molecule has 0 unspecified atom stereocenters. The Balaban J connectivity index is 1.78. The van der Waals surface area contributed by atoms with Crippen molar-refractivity contribution >= 4 is 22.7 Å². The van der Waals surface area contributed by atoms with E-state index >= 15 is 0 Å². The molecule has 40 heavy (non-hydrogen) atoms. The van der Waals surface area contributed by atoms with Gasteiger partial charge in [-0.25, -0.2) is 15.9 Å². The highest BCUT2D eigenvalue weighted by atomic mass is 19.4.